The van der Waals surface area contributed by atoms with E-state index >= 15 is 0 Å². The Morgan fingerprint density at radius 1 is 1.19 bits per heavy atom. The minimum absolute atomic E-state index is 0.584. The zero-order valence-electron chi connectivity index (χ0n) is 12.1. The fourth-order valence-corrected chi connectivity index (χ4v) is 3.16. The summed E-state index contributed by atoms with van der Waals surface area (Å²) < 4.78 is 38.4. The normalized spacial score (nSPS) is 17.5. The topological polar surface area (TPSA) is 19.0 Å². The van der Waals surface area contributed by atoms with Crippen LogP contribution in [0.1, 0.15) is 30.2 Å². The molecule has 114 valence electrons. The predicted octanol–water partition coefficient (Wildman–Crippen LogP) is 4.00. The molecule has 0 spiro atoms. The number of halogens is 3. The van der Waals surface area contributed by atoms with Crippen LogP contribution in [-0.4, -0.2) is 29.5 Å². The number of benzene rings is 1. The minimum atomic E-state index is -4.29. The molecule has 1 aliphatic rings. The van der Waals surface area contributed by atoms with Crippen LogP contribution in [0.3, 0.4) is 0 Å². The molecule has 0 aliphatic carbocycles. The van der Waals surface area contributed by atoms with Crippen LogP contribution in [0.15, 0.2) is 18.2 Å². The van der Waals surface area contributed by atoms with E-state index in [1.807, 2.05) is 0 Å². The molecule has 2 nitrogen and oxygen atoms in total. The van der Waals surface area contributed by atoms with Crippen molar-refractivity contribution in [1.82, 2.24) is 9.88 Å². The highest BCUT2D eigenvalue weighted by atomic mass is 19.4. The van der Waals surface area contributed by atoms with Crippen molar-refractivity contribution < 1.29 is 13.2 Å². The molecular formula is C16H19F3N2. The number of aromatic nitrogens is 1. The van der Waals surface area contributed by atoms with E-state index in [2.05, 4.69) is 16.8 Å². The number of aryl methyl sites for hydroxylation is 1. The van der Waals surface area contributed by atoms with Crippen LogP contribution < -0.4 is 0 Å². The third kappa shape index (κ3) is 2.79. The monoisotopic (exact) mass is 296 g/mol. The van der Waals surface area contributed by atoms with Gasteiger partial charge in [0.15, 0.2) is 0 Å². The highest BCUT2D eigenvalue weighted by molar-refractivity contribution is 5.85. The van der Waals surface area contributed by atoms with E-state index in [-0.39, 0.29) is 0 Å². The zero-order chi connectivity index (χ0) is 15.0. The lowest BCUT2D eigenvalue weighted by molar-refractivity contribution is -0.137. The Bertz CT molecular complexity index is 643. The van der Waals surface area contributed by atoms with Crippen molar-refractivity contribution in [2.24, 2.45) is 0 Å². The van der Waals surface area contributed by atoms with Crippen LogP contribution in [0.4, 0.5) is 13.2 Å². The summed E-state index contributed by atoms with van der Waals surface area (Å²) in [6.45, 7) is 5.19. The number of H-pyrrole nitrogens is 1. The van der Waals surface area contributed by atoms with Gasteiger partial charge in [0.25, 0.3) is 0 Å². The van der Waals surface area contributed by atoms with Gasteiger partial charge in [0.1, 0.15) is 0 Å². The summed E-state index contributed by atoms with van der Waals surface area (Å²) in [7, 11) is 0. The van der Waals surface area contributed by atoms with Gasteiger partial charge in [0.05, 0.1) is 5.56 Å². The van der Waals surface area contributed by atoms with Crippen LogP contribution in [0.2, 0.25) is 0 Å². The van der Waals surface area contributed by atoms with Gasteiger partial charge in [-0.25, -0.2) is 0 Å². The first-order valence-corrected chi connectivity index (χ1v) is 7.42. The Labute approximate surface area is 121 Å². The van der Waals surface area contributed by atoms with E-state index in [1.165, 1.54) is 17.7 Å². The Morgan fingerprint density at radius 3 is 2.71 bits per heavy atom. The number of nitrogens with one attached hydrogen (secondary N) is 1. The van der Waals surface area contributed by atoms with E-state index in [0.717, 1.165) is 50.0 Å². The molecule has 0 unspecified atom stereocenters. The molecule has 1 aliphatic heterocycles. The smallest absolute Gasteiger partial charge is 0.358 e. The van der Waals surface area contributed by atoms with Crippen molar-refractivity contribution in [2.45, 2.75) is 32.4 Å². The number of alkyl halides is 3. The molecule has 5 heteroatoms. The summed E-state index contributed by atoms with van der Waals surface area (Å²) in [5, 5.41) is 0.941. The standard InChI is InChI=1S/C16H19F3N2/c1-2-21-8-3-4-14-13(7-9-21)12-6-5-11(16(17,18)19)10-15(12)20-14/h5-6,10,20H,2-4,7-9H2,1H3. The third-order valence-corrected chi connectivity index (χ3v) is 4.35. The first kappa shape index (κ1) is 14.4. The van der Waals surface area contributed by atoms with E-state index in [9.17, 15) is 13.2 Å². The second-order valence-corrected chi connectivity index (χ2v) is 5.63. The van der Waals surface area contributed by atoms with E-state index < -0.39 is 11.7 Å². The Morgan fingerprint density at radius 2 is 2.00 bits per heavy atom. The molecule has 3 rings (SSSR count). The number of rotatable bonds is 1. The maximum Gasteiger partial charge on any atom is 0.416 e. The van der Waals surface area contributed by atoms with Crippen molar-refractivity contribution in [3.63, 3.8) is 0 Å². The summed E-state index contributed by atoms with van der Waals surface area (Å²) in [6, 6.07) is 4.04. The Kier molecular flexibility index (Phi) is 3.69. The average molecular weight is 296 g/mol. The first-order valence-electron chi connectivity index (χ1n) is 7.42. The van der Waals surface area contributed by atoms with Crippen LogP contribution in [-0.2, 0) is 19.0 Å². The van der Waals surface area contributed by atoms with Crippen molar-refractivity contribution in [2.75, 3.05) is 19.6 Å². The molecule has 0 atom stereocenters. The molecule has 0 bridgehead atoms. The summed E-state index contributed by atoms with van der Waals surface area (Å²) in [4.78, 5) is 5.61. The van der Waals surface area contributed by atoms with E-state index in [0.29, 0.717) is 5.52 Å². The predicted molar refractivity (Wildman–Crippen MR) is 77.4 cm³/mol. The number of hydrogen-bond acceptors (Lipinski definition) is 1. The third-order valence-electron chi connectivity index (χ3n) is 4.35. The molecule has 0 fully saturated rings. The Balaban J connectivity index is 2.01. The number of aromatic amines is 1. The van der Waals surface area contributed by atoms with Crippen LogP contribution in [0.5, 0.6) is 0 Å². The lowest BCUT2D eigenvalue weighted by atomic mass is 10.0. The molecule has 0 saturated carbocycles. The van der Waals surface area contributed by atoms with Crippen LogP contribution >= 0.6 is 0 Å². The Hall–Kier alpha value is -1.49. The summed E-state index contributed by atoms with van der Waals surface area (Å²) in [5.74, 6) is 0. The molecule has 21 heavy (non-hydrogen) atoms. The molecule has 0 saturated heterocycles. The van der Waals surface area contributed by atoms with Gasteiger partial charge in [-0.1, -0.05) is 13.0 Å². The van der Waals surface area contributed by atoms with Gasteiger partial charge in [-0.2, -0.15) is 13.2 Å². The largest absolute Gasteiger partial charge is 0.416 e. The summed E-state index contributed by atoms with van der Waals surface area (Å²) >= 11 is 0. The van der Waals surface area contributed by atoms with Crippen LogP contribution in [0.25, 0.3) is 10.9 Å². The van der Waals surface area contributed by atoms with Crippen molar-refractivity contribution in [1.29, 1.82) is 0 Å². The number of hydrogen-bond donors (Lipinski definition) is 1. The highest BCUT2D eigenvalue weighted by Gasteiger charge is 2.31. The molecule has 0 amide bonds. The fourth-order valence-electron chi connectivity index (χ4n) is 3.16. The molecule has 2 heterocycles. The molecule has 1 aromatic heterocycles. The van der Waals surface area contributed by atoms with Gasteiger partial charge in [-0.3, -0.25) is 0 Å². The minimum Gasteiger partial charge on any atom is -0.358 e. The quantitative estimate of drug-likeness (QED) is 0.843. The second kappa shape index (κ2) is 5.37. The summed E-state index contributed by atoms with van der Waals surface area (Å²) in [5.41, 5.74) is 2.33. The zero-order valence-corrected chi connectivity index (χ0v) is 12.1. The van der Waals surface area contributed by atoms with Gasteiger partial charge in [-0.05, 0) is 50.0 Å². The highest BCUT2D eigenvalue weighted by Crippen LogP contribution is 2.33. The van der Waals surface area contributed by atoms with E-state index in [1.54, 1.807) is 6.07 Å². The molecule has 1 aromatic carbocycles. The van der Waals surface area contributed by atoms with Crippen molar-refractivity contribution >= 4 is 10.9 Å². The SMILES string of the molecule is CCN1CCCc2[nH]c3cc(C(F)(F)F)ccc3c2CC1. The maximum absolute atomic E-state index is 12.8. The summed E-state index contributed by atoms with van der Waals surface area (Å²) in [6.07, 6.45) is -1.44. The molecule has 1 N–H and O–H groups in total. The van der Waals surface area contributed by atoms with Crippen LogP contribution in [0, 0.1) is 0 Å². The fraction of sp³-hybridized carbons (Fsp3) is 0.500. The van der Waals surface area contributed by atoms with Crippen molar-refractivity contribution in [3.05, 3.63) is 35.0 Å². The van der Waals surface area contributed by atoms with Gasteiger partial charge in [0, 0.05) is 23.1 Å². The molecular weight excluding hydrogens is 277 g/mol. The molecule has 0 radical (unpaired) electrons. The second-order valence-electron chi connectivity index (χ2n) is 5.63. The van der Waals surface area contributed by atoms with Gasteiger partial charge >= 0.3 is 6.18 Å². The maximum atomic E-state index is 12.8. The van der Waals surface area contributed by atoms with Gasteiger partial charge < -0.3 is 9.88 Å². The number of fused-ring (bicyclic) bond motifs is 3. The van der Waals surface area contributed by atoms with Gasteiger partial charge in [0.2, 0.25) is 0 Å². The number of likely N-dealkylation sites (N-methyl/N-ethyl adjacent to an activating group) is 1. The number of nitrogens with zero attached hydrogens (tertiary/aromatic N) is 1. The average Bonchev–Trinajstić information content (AvgIpc) is 2.74. The van der Waals surface area contributed by atoms with Crippen molar-refractivity contribution in [3.8, 4) is 0 Å². The lowest BCUT2D eigenvalue weighted by Gasteiger charge is -2.22. The van der Waals surface area contributed by atoms with Gasteiger partial charge in [-0.15, -0.1) is 0 Å². The lowest BCUT2D eigenvalue weighted by Crippen LogP contribution is -2.29. The van der Waals surface area contributed by atoms with E-state index in [4.69, 9.17) is 0 Å². The molecule has 2 aromatic rings. The first-order chi connectivity index (χ1) is 9.99.